The summed E-state index contributed by atoms with van der Waals surface area (Å²) in [5.41, 5.74) is 1.07. The first kappa shape index (κ1) is 10.4. The van der Waals surface area contributed by atoms with Gasteiger partial charge in [0.15, 0.2) is 0 Å². The van der Waals surface area contributed by atoms with Gasteiger partial charge in [0.05, 0.1) is 7.11 Å². The Labute approximate surface area is 84.0 Å². The molecule has 1 aromatic carbocycles. The summed E-state index contributed by atoms with van der Waals surface area (Å²) < 4.78 is 5.19. The molecule has 72 valence electrons. The third-order valence-corrected chi connectivity index (χ3v) is 2.33. The highest BCUT2D eigenvalue weighted by Crippen LogP contribution is 2.25. The molecule has 0 spiro atoms. The molecule has 0 atom stereocenters. The number of methoxy groups -OCH3 is 1. The number of hydrogen-bond acceptors (Lipinski definition) is 3. The second-order valence-corrected chi connectivity index (χ2v) is 3.27. The van der Waals surface area contributed by atoms with Crippen molar-refractivity contribution >= 4 is 12.6 Å². The van der Waals surface area contributed by atoms with Crippen molar-refractivity contribution in [1.82, 2.24) is 0 Å². The Morgan fingerprint density at radius 3 is 2.85 bits per heavy atom. The summed E-state index contributed by atoms with van der Waals surface area (Å²) in [6.45, 7) is 0.200. The molecule has 0 fully saturated rings. The van der Waals surface area contributed by atoms with Crippen molar-refractivity contribution in [2.75, 3.05) is 13.7 Å². The number of thiol groups is 1. The first-order valence-corrected chi connectivity index (χ1v) is 4.70. The summed E-state index contributed by atoms with van der Waals surface area (Å²) in [6, 6.07) is 5.74. The molecule has 3 heteroatoms. The summed E-state index contributed by atoms with van der Waals surface area (Å²) >= 11 is 4.33. The minimum absolute atomic E-state index is 0.200. The summed E-state index contributed by atoms with van der Waals surface area (Å²) in [7, 11) is 1.64. The van der Waals surface area contributed by atoms with Crippen LogP contribution in [0.15, 0.2) is 23.1 Å². The number of aliphatic hydroxyl groups excluding tert-OH is 1. The van der Waals surface area contributed by atoms with Crippen molar-refractivity contribution in [2.45, 2.75) is 17.7 Å². The van der Waals surface area contributed by atoms with E-state index in [0.29, 0.717) is 0 Å². The second-order valence-electron chi connectivity index (χ2n) is 2.79. The summed E-state index contributed by atoms with van der Waals surface area (Å²) in [6.07, 6.45) is 1.55. The lowest BCUT2D eigenvalue weighted by molar-refractivity contribution is 0.287. The maximum absolute atomic E-state index is 8.72. The van der Waals surface area contributed by atoms with Gasteiger partial charge < -0.3 is 9.84 Å². The van der Waals surface area contributed by atoms with Crippen LogP contribution in [-0.2, 0) is 6.42 Å². The van der Waals surface area contributed by atoms with Gasteiger partial charge in [-0.25, -0.2) is 0 Å². The van der Waals surface area contributed by atoms with Gasteiger partial charge in [-0.05, 0) is 25.0 Å². The van der Waals surface area contributed by atoms with E-state index in [9.17, 15) is 0 Å². The zero-order valence-electron chi connectivity index (χ0n) is 7.66. The van der Waals surface area contributed by atoms with Crippen molar-refractivity contribution in [3.8, 4) is 5.75 Å². The predicted molar refractivity (Wildman–Crippen MR) is 55.7 cm³/mol. The van der Waals surface area contributed by atoms with Crippen molar-refractivity contribution in [3.05, 3.63) is 23.8 Å². The highest BCUT2D eigenvalue weighted by atomic mass is 32.1. The fourth-order valence-corrected chi connectivity index (χ4v) is 1.56. The van der Waals surface area contributed by atoms with Crippen LogP contribution in [0.3, 0.4) is 0 Å². The Bertz CT molecular complexity index is 274. The van der Waals surface area contributed by atoms with E-state index >= 15 is 0 Å². The van der Waals surface area contributed by atoms with E-state index in [1.807, 2.05) is 18.2 Å². The summed E-state index contributed by atoms with van der Waals surface area (Å²) in [5.74, 6) is 0.848. The molecule has 2 nitrogen and oxygen atoms in total. The molecular formula is C10H14O2S. The quantitative estimate of drug-likeness (QED) is 0.724. The maximum atomic E-state index is 8.72. The highest BCUT2D eigenvalue weighted by Gasteiger charge is 2.05. The molecule has 1 N–H and O–H groups in total. The van der Waals surface area contributed by atoms with Gasteiger partial charge in [0, 0.05) is 17.1 Å². The van der Waals surface area contributed by atoms with Gasteiger partial charge in [0.1, 0.15) is 5.75 Å². The van der Waals surface area contributed by atoms with Crippen LogP contribution in [0, 0.1) is 0 Å². The minimum Gasteiger partial charge on any atom is -0.496 e. The molecule has 1 aromatic rings. The summed E-state index contributed by atoms with van der Waals surface area (Å²) in [4.78, 5) is 0.924. The van der Waals surface area contributed by atoms with Crippen molar-refractivity contribution < 1.29 is 9.84 Å². The van der Waals surface area contributed by atoms with Crippen LogP contribution in [0.4, 0.5) is 0 Å². The van der Waals surface area contributed by atoms with Crippen LogP contribution in [0.1, 0.15) is 12.0 Å². The van der Waals surface area contributed by atoms with E-state index in [1.54, 1.807) is 7.11 Å². The molecule has 13 heavy (non-hydrogen) atoms. The Morgan fingerprint density at radius 1 is 1.46 bits per heavy atom. The molecule has 0 radical (unpaired) electrons. The van der Waals surface area contributed by atoms with Crippen molar-refractivity contribution in [3.63, 3.8) is 0 Å². The molecule has 0 saturated heterocycles. The second kappa shape index (κ2) is 5.14. The van der Waals surface area contributed by atoms with Gasteiger partial charge in [-0.2, -0.15) is 0 Å². The molecule has 1 rings (SSSR count). The Hall–Kier alpha value is -0.670. The molecule has 0 aromatic heterocycles. The molecule has 0 unspecified atom stereocenters. The zero-order chi connectivity index (χ0) is 9.68. The Morgan fingerprint density at radius 2 is 2.23 bits per heavy atom. The minimum atomic E-state index is 0.200. The normalized spacial score (nSPS) is 10.1. The van der Waals surface area contributed by atoms with Crippen LogP contribution in [0.2, 0.25) is 0 Å². The van der Waals surface area contributed by atoms with Crippen LogP contribution in [0.5, 0.6) is 5.75 Å². The lowest BCUT2D eigenvalue weighted by Crippen LogP contribution is -1.95. The van der Waals surface area contributed by atoms with Crippen LogP contribution < -0.4 is 4.74 Å². The van der Waals surface area contributed by atoms with Gasteiger partial charge in [-0.1, -0.05) is 6.07 Å². The van der Waals surface area contributed by atoms with E-state index in [1.165, 1.54) is 0 Å². The van der Waals surface area contributed by atoms with Crippen molar-refractivity contribution in [1.29, 1.82) is 0 Å². The molecule has 0 amide bonds. The van der Waals surface area contributed by atoms with Gasteiger partial charge in [-0.15, -0.1) is 12.6 Å². The number of aliphatic hydroxyl groups is 1. The van der Waals surface area contributed by atoms with E-state index in [4.69, 9.17) is 9.84 Å². The van der Waals surface area contributed by atoms with Crippen LogP contribution >= 0.6 is 12.6 Å². The highest BCUT2D eigenvalue weighted by molar-refractivity contribution is 7.80. The molecule has 0 aliphatic carbocycles. The number of rotatable bonds is 4. The summed E-state index contributed by atoms with van der Waals surface area (Å²) in [5, 5.41) is 8.72. The number of ether oxygens (including phenoxy) is 1. The standard InChI is InChI=1S/C10H14O2S/c1-12-9-5-2-6-10(13)8(9)4-3-7-11/h2,5-6,11,13H,3-4,7H2,1H3. The van der Waals surface area contributed by atoms with Gasteiger partial charge in [-0.3, -0.25) is 0 Å². The third kappa shape index (κ3) is 2.64. The Balaban J connectivity index is 2.87. The topological polar surface area (TPSA) is 29.5 Å². The van der Waals surface area contributed by atoms with E-state index in [0.717, 1.165) is 29.1 Å². The van der Waals surface area contributed by atoms with Gasteiger partial charge in [0.25, 0.3) is 0 Å². The third-order valence-electron chi connectivity index (χ3n) is 1.91. The molecule has 0 saturated carbocycles. The lowest BCUT2D eigenvalue weighted by atomic mass is 10.1. The molecule has 0 bridgehead atoms. The fraction of sp³-hybridized carbons (Fsp3) is 0.400. The smallest absolute Gasteiger partial charge is 0.123 e. The predicted octanol–water partition coefficient (Wildman–Crippen LogP) is 1.91. The first-order valence-electron chi connectivity index (χ1n) is 4.25. The molecule has 0 aliphatic rings. The first-order chi connectivity index (χ1) is 6.29. The Kier molecular flexibility index (Phi) is 4.12. The van der Waals surface area contributed by atoms with E-state index in [2.05, 4.69) is 12.6 Å². The van der Waals surface area contributed by atoms with Crippen LogP contribution in [0.25, 0.3) is 0 Å². The largest absolute Gasteiger partial charge is 0.496 e. The SMILES string of the molecule is COc1cccc(S)c1CCCO. The van der Waals surface area contributed by atoms with E-state index < -0.39 is 0 Å². The lowest BCUT2D eigenvalue weighted by Gasteiger charge is -2.09. The average Bonchev–Trinajstić information content (AvgIpc) is 2.15. The van der Waals surface area contributed by atoms with Crippen molar-refractivity contribution in [2.24, 2.45) is 0 Å². The monoisotopic (exact) mass is 198 g/mol. The number of hydrogen-bond donors (Lipinski definition) is 2. The fourth-order valence-electron chi connectivity index (χ4n) is 1.25. The molecule has 0 heterocycles. The van der Waals surface area contributed by atoms with E-state index in [-0.39, 0.29) is 6.61 Å². The molecule has 0 aliphatic heterocycles. The average molecular weight is 198 g/mol. The van der Waals surface area contributed by atoms with Gasteiger partial charge >= 0.3 is 0 Å². The zero-order valence-corrected chi connectivity index (χ0v) is 8.55. The van der Waals surface area contributed by atoms with Crippen LogP contribution in [-0.4, -0.2) is 18.8 Å². The number of benzene rings is 1. The molecular weight excluding hydrogens is 184 g/mol. The van der Waals surface area contributed by atoms with Gasteiger partial charge in [0.2, 0.25) is 0 Å². The maximum Gasteiger partial charge on any atom is 0.123 e.